The zero-order valence-electron chi connectivity index (χ0n) is 17.1. The normalized spacial score (nSPS) is 11.5. The van der Waals surface area contributed by atoms with Crippen molar-refractivity contribution >= 4 is 34.0 Å². The second kappa shape index (κ2) is 8.26. The minimum absolute atomic E-state index is 0.261. The second-order valence-corrected chi connectivity index (χ2v) is 7.29. The van der Waals surface area contributed by atoms with Gasteiger partial charge in [0.2, 0.25) is 5.82 Å². The van der Waals surface area contributed by atoms with Crippen molar-refractivity contribution in [2.24, 2.45) is 7.05 Å². The highest BCUT2D eigenvalue weighted by atomic mass is 19.4. The smallest absolute Gasteiger partial charge is 0.397 e. The van der Waals surface area contributed by atoms with Crippen molar-refractivity contribution in [3.63, 3.8) is 0 Å². The second-order valence-electron chi connectivity index (χ2n) is 7.29. The number of halogens is 3. The van der Waals surface area contributed by atoms with Gasteiger partial charge in [-0.3, -0.25) is 4.79 Å². The van der Waals surface area contributed by atoms with Crippen molar-refractivity contribution in [3.8, 4) is 0 Å². The van der Waals surface area contributed by atoms with E-state index in [1.807, 2.05) is 0 Å². The lowest BCUT2D eigenvalue weighted by Crippen LogP contribution is -2.13. The van der Waals surface area contributed by atoms with Gasteiger partial charge in [0.05, 0.1) is 22.4 Å². The van der Waals surface area contributed by atoms with Crippen LogP contribution in [0.4, 0.5) is 30.2 Å². The first kappa shape index (κ1) is 21.2. The molecule has 4 aromatic rings. The molecule has 164 valence electrons. The van der Waals surface area contributed by atoms with Gasteiger partial charge in [0.15, 0.2) is 0 Å². The molecule has 0 unspecified atom stereocenters. The van der Waals surface area contributed by atoms with Gasteiger partial charge < -0.3 is 20.9 Å². The molecule has 3 aromatic carbocycles. The van der Waals surface area contributed by atoms with Crippen molar-refractivity contribution in [2.45, 2.75) is 12.7 Å². The van der Waals surface area contributed by atoms with Crippen LogP contribution in [0.1, 0.15) is 21.7 Å². The topological polar surface area (TPSA) is 85.0 Å². The summed E-state index contributed by atoms with van der Waals surface area (Å²) in [4.78, 5) is 16.1. The molecule has 0 aliphatic heterocycles. The Morgan fingerprint density at radius 3 is 2.47 bits per heavy atom. The summed E-state index contributed by atoms with van der Waals surface area (Å²) in [6, 6.07) is 18.9. The van der Waals surface area contributed by atoms with E-state index in [0.29, 0.717) is 34.7 Å². The Bertz CT molecular complexity index is 1280. The van der Waals surface area contributed by atoms with Gasteiger partial charge in [0, 0.05) is 24.8 Å². The molecular weight excluding hydrogens is 419 g/mol. The van der Waals surface area contributed by atoms with Crippen molar-refractivity contribution in [1.29, 1.82) is 0 Å². The molecule has 4 N–H and O–H groups in total. The number of rotatable bonds is 5. The van der Waals surface area contributed by atoms with Gasteiger partial charge in [-0.1, -0.05) is 24.3 Å². The number of carbonyl (C=O) groups excluding carboxylic acids is 1. The van der Waals surface area contributed by atoms with Crippen LogP contribution in [0, 0.1) is 0 Å². The fourth-order valence-electron chi connectivity index (χ4n) is 3.35. The third kappa shape index (κ3) is 4.36. The van der Waals surface area contributed by atoms with Gasteiger partial charge in [0.25, 0.3) is 5.91 Å². The maximum Gasteiger partial charge on any atom is 0.449 e. The summed E-state index contributed by atoms with van der Waals surface area (Å²) in [5, 5.41) is 5.94. The van der Waals surface area contributed by atoms with Crippen molar-refractivity contribution in [3.05, 3.63) is 83.7 Å². The Hall–Kier alpha value is -4.01. The number of hydrogen-bond donors (Lipinski definition) is 3. The molecule has 0 aliphatic rings. The highest BCUT2D eigenvalue weighted by Gasteiger charge is 2.36. The predicted molar refractivity (Wildman–Crippen MR) is 118 cm³/mol. The Kier molecular flexibility index (Phi) is 5.48. The molecule has 0 spiro atoms. The summed E-state index contributed by atoms with van der Waals surface area (Å²) >= 11 is 0. The molecule has 1 amide bonds. The van der Waals surface area contributed by atoms with Crippen molar-refractivity contribution in [2.75, 3.05) is 16.4 Å². The molecule has 6 nitrogen and oxygen atoms in total. The third-order valence-corrected chi connectivity index (χ3v) is 5.06. The van der Waals surface area contributed by atoms with E-state index in [1.54, 1.807) is 66.7 Å². The van der Waals surface area contributed by atoms with Gasteiger partial charge in [-0.05, 0) is 48.0 Å². The monoisotopic (exact) mass is 439 g/mol. The molecular formula is C23H20F3N5O. The van der Waals surface area contributed by atoms with E-state index < -0.39 is 12.0 Å². The summed E-state index contributed by atoms with van der Waals surface area (Å²) in [5.41, 5.74) is 9.56. The van der Waals surface area contributed by atoms with Gasteiger partial charge in [-0.25, -0.2) is 4.98 Å². The first-order valence-corrected chi connectivity index (χ1v) is 9.75. The standard InChI is InChI=1S/C23H20F3N5O/c1-31-20-11-10-16(12-19(20)30-22(31)23(24,25)26)28-13-14-6-8-15(9-7-14)21(32)29-18-5-3-2-4-17(18)27/h2-12,28H,13,27H2,1H3,(H,29,32). The maximum atomic E-state index is 13.1. The fourth-order valence-corrected chi connectivity index (χ4v) is 3.35. The fraction of sp³-hybridized carbons (Fsp3) is 0.130. The molecule has 0 aliphatic carbocycles. The summed E-state index contributed by atoms with van der Waals surface area (Å²) in [7, 11) is 1.34. The summed E-state index contributed by atoms with van der Waals surface area (Å²) < 4.78 is 40.2. The number of nitrogens with zero attached hydrogens (tertiary/aromatic N) is 2. The van der Waals surface area contributed by atoms with E-state index in [2.05, 4.69) is 15.6 Å². The first-order chi connectivity index (χ1) is 15.2. The van der Waals surface area contributed by atoms with E-state index in [1.165, 1.54) is 7.05 Å². The molecule has 0 fully saturated rings. The van der Waals surface area contributed by atoms with Crippen LogP contribution in [0.2, 0.25) is 0 Å². The van der Waals surface area contributed by atoms with Gasteiger partial charge in [-0.2, -0.15) is 13.2 Å². The molecule has 0 bridgehead atoms. The van der Waals surface area contributed by atoms with E-state index in [4.69, 9.17) is 5.73 Å². The van der Waals surface area contributed by atoms with Crippen LogP contribution in [0.5, 0.6) is 0 Å². The number of hydrogen-bond acceptors (Lipinski definition) is 4. The number of carbonyl (C=O) groups is 1. The largest absolute Gasteiger partial charge is 0.449 e. The Morgan fingerprint density at radius 2 is 1.78 bits per heavy atom. The zero-order valence-corrected chi connectivity index (χ0v) is 17.1. The van der Waals surface area contributed by atoms with Gasteiger partial charge in [-0.15, -0.1) is 0 Å². The quantitative estimate of drug-likeness (QED) is 0.381. The number of para-hydroxylation sites is 2. The zero-order chi connectivity index (χ0) is 22.9. The Labute approximate surface area is 181 Å². The number of nitrogens with two attached hydrogens (primary N) is 1. The lowest BCUT2D eigenvalue weighted by molar-refractivity contribution is -0.146. The predicted octanol–water partition coefficient (Wildman–Crippen LogP) is 5.04. The van der Waals surface area contributed by atoms with Gasteiger partial charge in [0.1, 0.15) is 0 Å². The lowest BCUT2D eigenvalue weighted by Gasteiger charge is -2.09. The van der Waals surface area contributed by atoms with Crippen LogP contribution in [0.3, 0.4) is 0 Å². The highest BCUT2D eigenvalue weighted by Crippen LogP contribution is 2.31. The SMILES string of the molecule is Cn1c(C(F)(F)F)nc2cc(NCc3ccc(C(=O)Nc4ccccc4N)cc3)ccc21. The average molecular weight is 439 g/mol. The number of anilines is 3. The number of imidazole rings is 1. The van der Waals surface area contributed by atoms with E-state index in [0.717, 1.165) is 10.1 Å². The summed E-state index contributed by atoms with van der Waals surface area (Å²) in [6.07, 6.45) is -4.51. The minimum Gasteiger partial charge on any atom is -0.397 e. The number of amides is 1. The molecule has 0 atom stereocenters. The van der Waals surface area contributed by atoms with Gasteiger partial charge >= 0.3 is 6.18 Å². The maximum absolute atomic E-state index is 13.1. The number of benzene rings is 3. The van der Waals surface area contributed by atoms with Crippen molar-refractivity contribution < 1.29 is 18.0 Å². The van der Waals surface area contributed by atoms with Crippen LogP contribution in [0.25, 0.3) is 11.0 Å². The number of aromatic nitrogens is 2. The van der Waals surface area contributed by atoms with Crippen LogP contribution in [-0.4, -0.2) is 15.5 Å². The van der Waals surface area contributed by atoms with Crippen molar-refractivity contribution in [1.82, 2.24) is 9.55 Å². The molecule has 0 saturated heterocycles. The first-order valence-electron chi connectivity index (χ1n) is 9.75. The van der Waals surface area contributed by atoms with E-state index in [9.17, 15) is 18.0 Å². The third-order valence-electron chi connectivity index (χ3n) is 5.06. The molecule has 0 radical (unpaired) electrons. The molecule has 0 saturated carbocycles. The number of fused-ring (bicyclic) bond motifs is 1. The molecule has 32 heavy (non-hydrogen) atoms. The minimum atomic E-state index is -4.51. The summed E-state index contributed by atoms with van der Waals surface area (Å²) in [5.74, 6) is -1.21. The Balaban J connectivity index is 1.42. The number of nitrogens with one attached hydrogen (secondary N) is 2. The number of alkyl halides is 3. The van der Waals surface area contributed by atoms with Crippen LogP contribution >= 0.6 is 0 Å². The highest BCUT2D eigenvalue weighted by molar-refractivity contribution is 6.05. The molecule has 4 rings (SSSR count). The Morgan fingerprint density at radius 1 is 1.06 bits per heavy atom. The number of aryl methyl sites for hydroxylation is 1. The summed E-state index contributed by atoms with van der Waals surface area (Å²) in [6.45, 7) is 0.429. The van der Waals surface area contributed by atoms with Crippen LogP contribution in [-0.2, 0) is 19.8 Å². The molecule has 9 heteroatoms. The number of nitrogen functional groups attached to an aromatic ring is 1. The lowest BCUT2D eigenvalue weighted by atomic mass is 10.1. The van der Waals surface area contributed by atoms with E-state index in [-0.39, 0.29) is 11.4 Å². The molecule has 1 heterocycles. The van der Waals surface area contributed by atoms with Crippen LogP contribution < -0.4 is 16.4 Å². The molecule has 1 aromatic heterocycles. The van der Waals surface area contributed by atoms with E-state index >= 15 is 0 Å². The average Bonchev–Trinajstić information content (AvgIpc) is 3.10. The van der Waals surface area contributed by atoms with Crippen LogP contribution in [0.15, 0.2) is 66.7 Å².